The highest BCUT2D eigenvalue weighted by Crippen LogP contribution is 2.38. The van der Waals surface area contributed by atoms with E-state index >= 15 is 0 Å². The SMILES string of the molecule is COCOc1c(C=O)cc(C)cc1-c1c(C)cc(C)cc1C. The van der Waals surface area contributed by atoms with E-state index in [1.54, 1.807) is 7.11 Å². The zero-order chi connectivity index (χ0) is 16.3. The molecule has 0 heterocycles. The predicted octanol–water partition coefficient (Wildman–Crippen LogP) is 4.38. The number of methoxy groups -OCH3 is 1. The summed E-state index contributed by atoms with van der Waals surface area (Å²) in [5, 5.41) is 0. The fraction of sp³-hybridized carbons (Fsp3) is 0.316. The van der Waals surface area contributed by atoms with Crippen molar-refractivity contribution < 1.29 is 14.3 Å². The molecule has 0 aliphatic carbocycles. The molecule has 2 aromatic carbocycles. The van der Waals surface area contributed by atoms with Gasteiger partial charge in [-0.25, -0.2) is 0 Å². The molecular weight excluding hydrogens is 276 g/mol. The third kappa shape index (κ3) is 3.20. The van der Waals surface area contributed by atoms with Crippen molar-refractivity contribution in [3.8, 4) is 16.9 Å². The van der Waals surface area contributed by atoms with E-state index in [0.29, 0.717) is 11.3 Å². The second-order valence-corrected chi connectivity index (χ2v) is 5.67. The molecule has 0 fully saturated rings. The smallest absolute Gasteiger partial charge is 0.188 e. The van der Waals surface area contributed by atoms with E-state index in [0.717, 1.165) is 23.0 Å². The minimum atomic E-state index is 0.112. The Hall–Kier alpha value is -2.13. The number of hydrogen-bond acceptors (Lipinski definition) is 3. The van der Waals surface area contributed by atoms with Gasteiger partial charge in [-0.1, -0.05) is 17.7 Å². The van der Waals surface area contributed by atoms with Crippen LogP contribution in [0.4, 0.5) is 0 Å². The second kappa shape index (κ2) is 6.75. The molecule has 0 aliphatic heterocycles. The van der Waals surface area contributed by atoms with Crippen LogP contribution in [-0.2, 0) is 4.74 Å². The van der Waals surface area contributed by atoms with Crippen molar-refractivity contribution in [2.24, 2.45) is 0 Å². The van der Waals surface area contributed by atoms with E-state index in [1.807, 2.05) is 13.0 Å². The van der Waals surface area contributed by atoms with Crippen LogP contribution in [0.1, 0.15) is 32.6 Å². The summed E-state index contributed by atoms with van der Waals surface area (Å²) in [6.45, 7) is 8.34. The normalized spacial score (nSPS) is 10.6. The number of aryl methyl sites for hydroxylation is 4. The van der Waals surface area contributed by atoms with Crippen LogP contribution >= 0.6 is 0 Å². The Morgan fingerprint density at radius 1 is 0.955 bits per heavy atom. The fourth-order valence-electron chi connectivity index (χ4n) is 2.96. The van der Waals surface area contributed by atoms with Gasteiger partial charge >= 0.3 is 0 Å². The minimum absolute atomic E-state index is 0.112. The molecule has 0 N–H and O–H groups in total. The Labute approximate surface area is 131 Å². The highest BCUT2D eigenvalue weighted by Gasteiger charge is 2.16. The van der Waals surface area contributed by atoms with E-state index in [-0.39, 0.29) is 6.79 Å². The van der Waals surface area contributed by atoms with Crippen molar-refractivity contribution in [2.45, 2.75) is 27.7 Å². The second-order valence-electron chi connectivity index (χ2n) is 5.67. The van der Waals surface area contributed by atoms with Crippen LogP contribution in [-0.4, -0.2) is 20.2 Å². The Kier molecular flexibility index (Phi) is 4.99. The average molecular weight is 298 g/mol. The highest BCUT2D eigenvalue weighted by molar-refractivity contribution is 5.88. The standard InChI is InChI=1S/C19H22O3/c1-12-6-14(3)18(15(4)7-12)17-9-13(2)8-16(10-20)19(17)22-11-21-5/h6-10H,11H2,1-5H3. The molecule has 2 rings (SSSR count). The van der Waals surface area contributed by atoms with Crippen molar-refractivity contribution in [1.29, 1.82) is 0 Å². The van der Waals surface area contributed by atoms with Crippen LogP contribution < -0.4 is 4.74 Å². The van der Waals surface area contributed by atoms with E-state index in [2.05, 4.69) is 39.0 Å². The van der Waals surface area contributed by atoms with Crippen molar-refractivity contribution in [1.82, 2.24) is 0 Å². The fourth-order valence-corrected chi connectivity index (χ4v) is 2.96. The zero-order valence-corrected chi connectivity index (χ0v) is 13.8. The van der Waals surface area contributed by atoms with Gasteiger partial charge in [0, 0.05) is 12.7 Å². The van der Waals surface area contributed by atoms with Gasteiger partial charge < -0.3 is 9.47 Å². The lowest BCUT2D eigenvalue weighted by molar-refractivity contribution is 0.0509. The first-order valence-corrected chi connectivity index (χ1v) is 7.27. The van der Waals surface area contributed by atoms with Crippen LogP contribution in [0, 0.1) is 27.7 Å². The quantitative estimate of drug-likeness (QED) is 0.607. The lowest BCUT2D eigenvalue weighted by Gasteiger charge is -2.18. The number of benzene rings is 2. The van der Waals surface area contributed by atoms with Gasteiger partial charge in [0.05, 0.1) is 5.56 Å². The van der Waals surface area contributed by atoms with E-state index < -0.39 is 0 Å². The molecule has 0 aliphatic rings. The molecule has 2 aromatic rings. The Morgan fingerprint density at radius 2 is 1.55 bits per heavy atom. The van der Waals surface area contributed by atoms with Gasteiger partial charge in [-0.15, -0.1) is 0 Å². The predicted molar refractivity (Wildman–Crippen MR) is 88.7 cm³/mol. The van der Waals surface area contributed by atoms with Crippen LogP contribution in [0.25, 0.3) is 11.1 Å². The molecule has 0 spiro atoms. The minimum Gasteiger partial charge on any atom is -0.466 e. The third-order valence-electron chi connectivity index (χ3n) is 3.66. The van der Waals surface area contributed by atoms with Crippen molar-refractivity contribution in [3.63, 3.8) is 0 Å². The summed E-state index contributed by atoms with van der Waals surface area (Å²) in [5.41, 5.74) is 7.19. The first-order chi connectivity index (χ1) is 10.5. The van der Waals surface area contributed by atoms with E-state index in [9.17, 15) is 4.79 Å². The maximum Gasteiger partial charge on any atom is 0.188 e. The first kappa shape index (κ1) is 16.2. The maximum atomic E-state index is 11.4. The molecule has 116 valence electrons. The third-order valence-corrected chi connectivity index (χ3v) is 3.66. The summed E-state index contributed by atoms with van der Waals surface area (Å²) < 4.78 is 10.7. The summed E-state index contributed by atoms with van der Waals surface area (Å²) in [6, 6.07) is 8.18. The number of carbonyl (C=O) groups excluding carboxylic acids is 1. The van der Waals surface area contributed by atoms with Crippen molar-refractivity contribution in [2.75, 3.05) is 13.9 Å². The van der Waals surface area contributed by atoms with Crippen LogP contribution in [0.15, 0.2) is 24.3 Å². The van der Waals surface area contributed by atoms with Gasteiger partial charge in [0.15, 0.2) is 13.1 Å². The average Bonchev–Trinajstić information content (AvgIpc) is 2.44. The van der Waals surface area contributed by atoms with Gasteiger partial charge in [-0.3, -0.25) is 4.79 Å². The zero-order valence-electron chi connectivity index (χ0n) is 13.8. The number of carbonyl (C=O) groups is 1. The van der Waals surface area contributed by atoms with Crippen molar-refractivity contribution in [3.05, 3.63) is 52.1 Å². The summed E-state index contributed by atoms with van der Waals surface area (Å²) in [5.74, 6) is 0.581. The van der Waals surface area contributed by atoms with E-state index in [4.69, 9.17) is 9.47 Å². The molecule has 0 amide bonds. The Morgan fingerprint density at radius 3 is 2.09 bits per heavy atom. The molecule has 0 radical (unpaired) electrons. The molecule has 0 saturated carbocycles. The number of aldehydes is 1. The summed E-state index contributed by atoms with van der Waals surface area (Å²) in [6.07, 6.45) is 0.834. The molecule has 0 unspecified atom stereocenters. The van der Waals surface area contributed by atoms with Crippen LogP contribution in [0.2, 0.25) is 0 Å². The molecule has 0 bridgehead atoms. The molecule has 22 heavy (non-hydrogen) atoms. The monoisotopic (exact) mass is 298 g/mol. The maximum absolute atomic E-state index is 11.4. The summed E-state index contributed by atoms with van der Waals surface area (Å²) in [4.78, 5) is 11.4. The highest BCUT2D eigenvalue weighted by atomic mass is 16.7. The van der Waals surface area contributed by atoms with Crippen LogP contribution in [0.5, 0.6) is 5.75 Å². The summed E-state index contributed by atoms with van der Waals surface area (Å²) in [7, 11) is 1.57. The number of hydrogen-bond donors (Lipinski definition) is 0. The van der Waals surface area contributed by atoms with Gasteiger partial charge in [0.1, 0.15) is 5.75 Å². The number of rotatable bonds is 5. The molecule has 0 atom stereocenters. The lowest BCUT2D eigenvalue weighted by Crippen LogP contribution is -2.04. The van der Waals surface area contributed by atoms with Gasteiger partial charge in [0.25, 0.3) is 0 Å². The number of ether oxygens (including phenoxy) is 2. The lowest BCUT2D eigenvalue weighted by atomic mass is 9.91. The summed E-state index contributed by atoms with van der Waals surface area (Å²) >= 11 is 0. The molecular formula is C19H22O3. The van der Waals surface area contributed by atoms with Gasteiger partial charge in [0.2, 0.25) is 0 Å². The first-order valence-electron chi connectivity index (χ1n) is 7.27. The molecule has 3 nitrogen and oxygen atoms in total. The molecule has 3 heteroatoms. The van der Waals surface area contributed by atoms with Gasteiger partial charge in [-0.05, 0) is 62.1 Å². The Bertz CT molecular complexity index is 679. The van der Waals surface area contributed by atoms with Crippen LogP contribution in [0.3, 0.4) is 0 Å². The largest absolute Gasteiger partial charge is 0.466 e. The van der Waals surface area contributed by atoms with Gasteiger partial charge in [-0.2, -0.15) is 0 Å². The Balaban J connectivity index is 2.73. The molecule has 0 aromatic heterocycles. The molecule has 0 saturated heterocycles. The topological polar surface area (TPSA) is 35.5 Å². The van der Waals surface area contributed by atoms with Crippen molar-refractivity contribution >= 4 is 6.29 Å². The van der Waals surface area contributed by atoms with E-state index in [1.165, 1.54) is 16.7 Å².